The van der Waals surface area contributed by atoms with Crippen molar-refractivity contribution in [2.75, 3.05) is 33.3 Å². The van der Waals surface area contributed by atoms with Gasteiger partial charge in [-0.15, -0.1) is 0 Å². The molecule has 1 heterocycles. The fourth-order valence-electron chi connectivity index (χ4n) is 4.53. The molecule has 1 amide bonds. The molecule has 0 spiro atoms. The van der Waals surface area contributed by atoms with Crippen molar-refractivity contribution in [3.05, 3.63) is 59.1 Å². The maximum Gasteiger partial charge on any atom is 0.257 e. The average Bonchev–Trinajstić information content (AvgIpc) is 2.85. The molecule has 0 aromatic heterocycles. The lowest BCUT2D eigenvalue weighted by Gasteiger charge is -2.41. The van der Waals surface area contributed by atoms with Crippen LogP contribution in [0.15, 0.2) is 53.5 Å². The number of ether oxygens (including phenoxy) is 1. The highest BCUT2D eigenvalue weighted by Crippen LogP contribution is 2.27. The molecule has 32 heavy (non-hydrogen) atoms. The number of nitrogens with one attached hydrogen (secondary N) is 1. The summed E-state index contributed by atoms with van der Waals surface area (Å²) in [6.07, 6.45) is 6.64. The average molecular weight is 455 g/mol. The second-order valence-corrected chi connectivity index (χ2v) is 8.82. The number of carbonyl (C=O) groups excluding carboxylic acids is 1. The summed E-state index contributed by atoms with van der Waals surface area (Å²) in [7, 11) is 1.63. The van der Waals surface area contributed by atoms with Crippen molar-refractivity contribution in [3.63, 3.8) is 0 Å². The molecule has 1 aliphatic carbocycles. The Hall–Kier alpha value is -2.57. The standard InChI is InChI=1S/C25H31ClN4O2/c1-32-23-10-6-5-9-22(23)27-25(28-24(31)19-11-13-20(26)14-12-19)30-17-15-29(16-18-30)21-7-3-2-4-8-21/h5-6,9-14,21H,2-4,7-8,15-18H2,1H3,(H,27,28,31). The number of hydrogen-bond donors (Lipinski definition) is 1. The van der Waals surface area contributed by atoms with E-state index in [1.807, 2.05) is 24.3 Å². The second kappa shape index (κ2) is 10.8. The first-order valence-corrected chi connectivity index (χ1v) is 11.8. The number of guanidine groups is 1. The summed E-state index contributed by atoms with van der Waals surface area (Å²) in [4.78, 5) is 22.6. The van der Waals surface area contributed by atoms with Gasteiger partial charge in [0.2, 0.25) is 5.96 Å². The molecule has 2 aliphatic rings. The molecule has 0 bridgehead atoms. The maximum absolute atomic E-state index is 13.0. The van der Waals surface area contributed by atoms with Crippen LogP contribution in [0.2, 0.25) is 5.02 Å². The Morgan fingerprint density at radius 2 is 1.69 bits per heavy atom. The van der Waals surface area contributed by atoms with Crippen LogP contribution in [-0.4, -0.2) is 61.0 Å². The molecule has 0 radical (unpaired) electrons. The SMILES string of the molecule is COc1ccccc1N=C(NC(=O)c1ccc(Cl)cc1)N1CCN(C2CCCCC2)CC1. The number of aliphatic imine (C=N–C) groups is 1. The maximum atomic E-state index is 13.0. The minimum atomic E-state index is -0.204. The summed E-state index contributed by atoms with van der Waals surface area (Å²) in [5.41, 5.74) is 1.24. The highest BCUT2D eigenvalue weighted by atomic mass is 35.5. The molecule has 7 heteroatoms. The number of hydrogen-bond acceptors (Lipinski definition) is 4. The molecule has 4 rings (SSSR count). The third kappa shape index (κ3) is 5.61. The van der Waals surface area contributed by atoms with Crippen molar-refractivity contribution in [3.8, 4) is 5.75 Å². The number of rotatable bonds is 4. The summed E-state index contributed by atoms with van der Waals surface area (Å²) in [6.45, 7) is 3.61. The molecule has 1 N–H and O–H groups in total. The topological polar surface area (TPSA) is 57.2 Å². The predicted molar refractivity (Wildman–Crippen MR) is 129 cm³/mol. The molecule has 1 aliphatic heterocycles. The van der Waals surface area contributed by atoms with Gasteiger partial charge in [0.25, 0.3) is 5.91 Å². The van der Waals surface area contributed by atoms with Gasteiger partial charge in [-0.3, -0.25) is 15.0 Å². The van der Waals surface area contributed by atoms with Crippen LogP contribution in [0.1, 0.15) is 42.5 Å². The van der Waals surface area contributed by atoms with E-state index in [9.17, 15) is 4.79 Å². The third-order valence-electron chi connectivity index (χ3n) is 6.35. The molecule has 170 valence electrons. The van der Waals surface area contributed by atoms with E-state index in [1.54, 1.807) is 31.4 Å². The molecule has 2 fully saturated rings. The van der Waals surface area contributed by atoms with Gasteiger partial charge in [-0.2, -0.15) is 0 Å². The molecule has 2 aromatic rings. The van der Waals surface area contributed by atoms with Gasteiger partial charge in [-0.25, -0.2) is 4.99 Å². The van der Waals surface area contributed by atoms with E-state index in [-0.39, 0.29) is 5.91 Å². The predicted octanol–water partition coefficient (Wildman–Crippen LogP) is 4.72. The number of para-hydroxylation sites is 2. The number of halogens is 1. The lowest BCUT2D eigenvalue weighted by molar-refractivity contribution is 0.0943. The Morgan fingerprint density at radius 1 is 1.00 bits per heavy atom. The van der Waals surface area contributed by atoms with E-state index in [2.05, 4.69) is 15.1 Å². The molecule has 0 unspecified atom stereocenters. The number of nitrogens with zero attached hydrogens (tertiary/aromatic N) is 3. The van der Waals surface area contributed by atoms with Crippen molar-refractivity contribution in [2.24, 2.45) is 4.99 Å². The minimum absolute atomic E-state index is 0.204. The van der Waals surface area contributed by atoms with Crippen molar-refractivity contribution in [1.29, 1.82) is 0 Å². The lowest BCUT2D eigenvalue weighted by Crippen LogP contribution is -2.55. The minimum Gasteiger partial charge on any atom is -0.494 e. The highest BCUT2D eigenvalue weighted by Gasteiger charge is 2.27. The van der Waals surface area contributed by atoms with Crippen molar-refractivity contribution in [1.82, 2.24) is 15.1 Å². The molecule has 2 aromatic carbocycles. The van der Waals surface area contributed by atoms with Crippen LogP contribution in [0.5, 0.6) is 5.75 Å². The van der Waals surface area contributed by atoms with Crippen LogP contribution in [0.25, 0.3) is 0 Å². The zero-order valence-corrected chi connectivity index (χ0v) is 19.4. The van der Waals surface area contributed by atoms with Crippen LogP contribution in [0.3, 0.4) is 0 Å². The van der Waals surface area contributed by atoms with E-state index < -0.39 is 0 Å². The van der Waals surface area contributed by atoms with Crippen LogP contribution in [0.4, 0.5) is 5.69 Å². The smallest absolute Gasteiger partial charge is 0.257 e. The van der Waals surface area contributed by atoms with Crippen LogP contribution < -0.4 is 10.1 Å². The monoisotopic (exact) mass is 454 g/mol. The Labute approximate surface area is 195 Å². The highest BCUT2D eigenvalue weighted by molar-refractivity contribution is 6.30. The third-order valence-corrected chi connectivity index (χ3v) is 6.60. The summed E-state index contributed by atoms with van der Waals surface area (Å²) in [6, 6.07) is 15.2. The van der Waals surface area contributed by atoms with E-state index in [0.717, 1.165) is 26.2 Å². The van der Waals surface area contributed by atoms with Gasteiger partial charge in [0.05, 0.1) is 7.11 Å². The van der Waals surface area contributed by atoms with E-state index >= 15 is 0 Å². The van der Waals surface area contributed by atoms with E-state index in [0.29, 0.717) is 34.0 Å². The zero-order chi connectivity index (χ0) is 22.3. The number of amides is 1. The molecule has 6 nitrogen and oxygen atoms in total. The lowest BCUT2D eigenvalue weighted by atomic mass is 9.94. The van der Waals surface area contributed by atoms with Gasteiger partial charge in [-0.05, 0) is 49.2 Å². The fourth-order valence-corrected chi connectivity index (χ4v) is 4.66. The molecule has 0 atom stereocenters. The molecule has 1 saturated heterocycles. The van der Waals surface area contributed by atoms with Crippen molar-refractivity contribution < 1.29 is 9.53 Å². The first-order chi connectivity index (χ1) is 15.6. The number of benzene rings is 2. The fraction of sp³-hybridized carbons (Fsp3) is 0.440. The second-order valence-electron chi connectivity index (χ2n) is 8.38. The largest absolute Gasteiger partial charge is 0.494 e. The van der Waals surface area contributed by atoms with Gasteiger partial charge in [-0.1, -0.05) is 43.0 Å². The molecular formula is C25H31ClN4O2. The van der Waals surface area contributed by atoms with Gasteiger partial charge in [0, 0.05) is 42.8 Å². The Kier molecular flexibility index (Phi) is 7.66. The summed E-state index contributed by atoms with van der Waals surface area (Å²) < 4.78 is 5.47. The molecule has 1 saturated carbocycles. The van der Waals surface area contributed by atoms with Crippen LogP contribution in [-0.2, 0) is 0 Å². The van der Waals surface area contributed by atoms with Gasteiger partial charge in [0.1, 0.15) is 11.4 Å². The first kappa shape index (κ1) is 22.6. The first-order valence-electron chi connectivity index (χ1n) is 11.4. The van der Waals surface area contributed by atoms with Gasteiger partial charge < -0.3 is 9.64 Å². The Bertz CT molecular complexity index is 933. The van der Waals surface area contributed by atoms with Crippen molar-refractivity contribution in [2.45, 2.75) is 38.1 Å². The quantitative estimate of drug-likeness (QED) is 0.536. The Morgan fingerprint density at radius 3 is 2.38 bits per heavy atom. The van der Waals surface area contributed by atoms with E-state index in [1.165, 1.54) is 32.1 Å². The van der Waals surface area contributed by atoms with Gasteiger partial charge >= 0.3 is 0 Å². The van der Waals surface area contributed by atoms with Crippen molar-refractivity contribution >= 4 is 29.2 Å². The summed E-state index contributed by atoms with van der Waals surface area (Å²) >= 11 is 5.98. The number of methoxy groups -OCH3 is 1. The molecular weight excluding hydrogens is 424 g/mol. The van der Waals surface area contributed by atoms with Crippen LogP contribution in [0, 0.1) is 0 Å². The summed E-state index contributed by atoms with van der Waals surface area (Å²) in [5.74, 6) is 1.02. The van der Waals surface area contributed by atoms with E-state index in [4.69, 9.17) is 21.3 Å². The van der Waals surface area contributed by atoms with Crippen LogP contribution >= 0.6 is 11.6 Å². The normalized spacial score (nSPS) is 18.4. The summed E-state index contributed by atoms with van der Waals surface area (Å²) in [5, 5.41) is 3.64. The Balaban J connectivity index is 1.53. The van der Waals surface area contributed by atoms with Gasteiger partial charge in [0.15, 0.2) is 0 Å². The number of carbonyl (C=O) groups is 1. The zero-order valence-electron chi connectivity index (χ0n) is 18.6. The number of piperazine rings is 1.